The largest absolute Gasteiger partial charge is 0.480 e. The number of carbonyl (C=O) groups is 2. The van der Waals surface area contributed by atoms with Gasteiger partial charge in [0.1, 0.15) is 5.54 Å². The Morgan fingerprint density at radius 2 is 1.94 bits per heavy atom. The molecule has 4 heteroatoms. The number of aliphatic carboxylic acids is 1. The van der Waals surface area contributed by atoms with Gasteiger partial charge in [-0.05, 0) is 19.3 Å². The first-order valence-electron chi connectivity index (χ1n) is 6.07. The zero-order chi connectivity index (χ0) is 12.2. The molecule has 1 saturated carbocycles. The first kappa shape index (κ1) is 13.0. The monoisotopic (exact) mass is 227 g/mol. The third-order valence-corrected chi connectivity index (χ3v) is 3.40. The fourth-order valence-electron chi connectivity index (χ4n) is 2.29. The van der Waals surface area contributed by atoms with Crippen molar-refractivity contribution in [3.05, 3.63) is 0 Å². The second-order valence-electron chi connectivity index (χ2n) is 4.77. The molecule has 0 aromatic carbocycles. The van der Waals surface area contributed by atoms with Gasteiger partial charge in [-0.1, -0.05) is 33.1 Å². The average molecular weight is 227 g/mol. The lowest BCUT2D eigenvalue weighted by molar-refractivity contribution is -0.148. The summed E-state index contributed by atoms with van der Waals surface area (Å²) in [6.45, 7) is 3.87. The van der Waals surface area contributed by atoms with Crippen molar-refractivity contribution in [1.82, 2.24) is 5.32 Å². The molecule has 0 bridgehead atoms. The van der Waals surface area contributed by atoms with E-state index in [1.54, 1.807) is 0 Å². The molecule has 0 aromatic heterocycles. The van der Waals surface area contributed by atoms with Crippen LogP contribution in [0.5, 0.6) is 0 Å². The summed E-state index contributed by atoms with van der Waals surface area (Å²) in [6, 6.07) is 0. The second kappa shape index (κ2) is 5.32. The molecule has 0 radical (unpaired) electrons. The number of hydrogen-bond acceptors (Lipinski definition) is 2. The smallest absolute Gasteiger partial charge is 0.329 e. The van der Waals surface area contributed by atoms with E-state index in [4.69, 9.17) is 0 Å². The molecular weight excluding hydrogens is 206 g/mol. The minimum absolute atomic E-state index is 0.0955. The van der Waals surface area contributed by atoms with Crippen molar-refractivity contribution in [2.75, 3.05) is 0 Å². The molecule has 0 heterocycles. The van der Waals surface area contributed by atoms with Gasteiger partial charge in [0.05, 0.1) is 0 Å². The van der Waals surface area contributed by atoms with Gasteiger partial charge in [0.15, 0.2) is 0 Å². The third-order valence-electron chi connectivity index (χ3n) is 3.40. The first-order chi connectivity index (χ1) is 7.52. The summed E-state index contributed by atoms with van der Waals surface area (Å²) >= 11 is 0. The number of carboxylic acids is 1. The Morgan fingerprint density at radius 3 is 2.38 bits per heavy atom. The normalized spacial score (nSPS) is 20.4. The van der Waals surface area contributed by atoms with Gasteiger partial charge in [-0.2, -0.15) is 0 Å². The SMILES string of the molecule is CCCC(C)C(=O)NC1(C(=O)O)CCCC1. The van der Waals surface area contributed by atoms with Crippen molar-refractivity contribution >= 4 is 11.9 Å². The minimum atomic E-state index is -0.987. The van der Waals surface area contributed by atoms with E-state index in [1.165, 1.54) is 0 Å². The molecule has 0 saturated heterocycles. The van der Waals surface area contributed by atoms with Crippen molar-refractivity contribution in [1.29, 1.82) is 0 Å². The Bertz CT molecular complexity index is 269. The van der Waals surface area contributed by atoms with Gasteiger partial charge < -0.3 is 10.4 Å². The van der Waals surface area contributed by atoms with Crippen molar-refractivity contribution in [3.63, 3.8) is 0 Å². The topological polar surface area (TPSA) is 66.4 Å². The van der Waals surface area contributed by atoms with E-state index in [-0.39, 0.29) is 11.8 Å². The van der Waals surface area contributed by atoms with Crippen molar-refractivity contribution < 1.29 is 14.7 Å². The molecule has 1 aliphatic rings. The van der Waals surface area contributed by atoms with Gasteiger partial charge in [-0.15, -0.1) is 0 Å². The summed E-state index contributed by atoms with van der Waals surface area (Å²) < 4.78 is 0. The maximum Gasteiger partial charge on any atom is 0.329 e. The lowest BCUT2D eigenvalue weighted by Gasteiger charge is -2.27. The highest BCUT2D eigenvalue weighted by Gasteiger charge is 2.42. The number of hydrogen-bond donors (Lipinski definition) is 2. The summed E-state index contributed by atoms with van der Waals surface area (Å²) in [5, 5.41) is 11.9. The van der Waals surface area contributed by atoms with E-state index in [1.807, 2.05) is 13.8 Å². The average Bonchev–Trinajstić information content (AvgIpc) is 2.68. The van der Waals surface area contributed by atoms with Crippen LogP contribution in [0.15, 0.2) is 0 Å². The predicted molar refractivity (Wildman–Crippen MR) is 61.0 cm³/mol. The van der Waals surface area contributed by atoms with Gasteiger partial charge in [-0.25, -0.2) is 4.79 Å². The van der Waals surface area contributed by atoms with Crippen molar-refractivity contribution in [3.8, 4) is 0 Å². The summed E-state index contributed by atoms with van der Waals surface area (Å²) in [5.41, 5.74) is -0.987. The Hall–Kier alpha value is -1.06. The van der Waals surface area contributed by atoms with Crippen LogP contribution in [-0.2, 0) is 9.59 Å². The standard InChI is InChI=1S/C12H21NO3/c1-3-6-9(2)10(14)13-12(11(15)16)7-4-5-8-12/h9H,3-8H2,1-2H3,(H,13,14)(H,15,16). The van der Waals surface area contributed by atoms with Crippen molar-refractivity contribution in [2.24, 2.45) is 5.92 Å². The Kier molecular flexibility index (Phi) is 4.33. The van der Waals surface area contributed by atoms with E-state index in [0.717, 1.165) is 25.7 Å². The molecule has 4 nitrogen and oxygen atoms in total. The van der Waals surface area contributed by atoms with Crippen LogP contribution in [0, 0.1) is 5.92 Å². The molecular formula is C12H21NO3. The van der Waals surface area contributed by atoms with Crippen LogP contribution in [0.25, 0.3) is 0 Å². The van der Waals surface area contributed by atoms with Gasteiger partial charge in [0, 0.05) is 5.92 Å². The Labute approximate surface area is 96.4 Å². The molecule has 92 valence electrons. The lowest BCUT2D eigenvalue weighted by atomic mass is 9.95. The first-order valence-corrected chi connectivity index (χ1v) is 6.07. The van der Waals surface area contributed by atoms with Crippen LogP contribution in [0.2, 0.25) is 0 Å². The molecule has 1 fully saturated rings. The van der Waals surface area contributed by atoms with Gasteiger partial charge in [0.25, 0.3) is 0 Å². The fraction of sp³-hybridized carbons (Fsp3) is 0.833. The van der Waals surface area contributed by atoms with Crippen LogP contribution in [0.4, 0.5) is 0 Å². The highest BCUT2D eigenvalue weighted by molar-refractivity contribution is 5.88. The van der Waals surface area contributed by atoms with Crippen molar-refractivity contribution in [2.45, 2.75) is 57.9 Å². The highest BCUT2D eigenvalue weighted by Crippen LogP contribution is 2.30. The van der Waals surface area contributed by atoms with E-state index in [2.05, 4.69) is 5.32 Å². The quantitative estimate of drug-likeness (QED) is 0.754. The lowest BCUT2D eigenvalue weighted by Crippen LogP contribution is -2.53. The zero-order valence-corrected chi connectivity index (χ0v) is 10.1. The molecule has 1 aliphatic carbocycles. The van der Waals surface area contributed by atoms with E-state index < -0.39 is 11.5 Å². The van der Waals surface area contributed by atoms with Crippen LogP contribution in [0.1, 0.15) is 52.4 Å². The maximum absolute atomic E-state index is 11.8. The van der Waals surface area contributed by atoms with E-state index >= 15 is 0 Å². The molecule has 1 amide bonds. The molecule has 2 N–H and O–H groups in total. The third kappa shape index (κ3) is 2.74. The molecule has 1 unspecified atom stereocenters. The summed E-state index contributed by atoms with van der Waals surface area (Å²) in [5.74, 6) is -1.10. The number of amides is 1. The predicted octanol–water partition coefficient (Wildman–Crippen LogP) is 1.94. The number of carbonyl (C=O) groups excluding carboxylic acids is 1. The Balaban J connectivity index is 2.62. The van der Waals surface area contributed by atoms with E-state index in [9.17, 15) is 14.7 Å². The second-order valence-corrected chi connectivity index (χ2v) is 4.77. The van der Waals surface area contributed by atoms with Crippen LogP contribution >= 0.6 is 0 Å². The molecule has 16 heavy (non-hydrogen) atoms. The van der Waals surface area contributed by atoms with Crippen LogP contribution < -0.4 is 5.32 Å². The van der Waals surface area contributed by atoms with Crippen LogP contribution in [-0.4, -0.2) is 22.5 Å². The number of nitrogens with one attached hydrogen (secondary N) is 1. The Morgan fingerprint density at radius 1 is 1.38 bits per heavy atom. The molecule has 1 rings (SSSR count). The molecule has 0 aliphatic heterocycles. The van der Waals surface area contributed by atoms with E-state index in [0.29, 0.717) is 12.8 Å². The fourth-order valence-corrected chi connectivity index (χ4v) is 2.29. The summed E-state index contributed by atoms with van der Waals surface area (Å²) in [7, 11) is 0. The maximum atomic E-state index is 11.8. The molecule has 0 spiro atoms. The summed E-state index contributed by atoms with van der Waals surface area (Å²) in [6.07, 6.45) is 4.64. The van der Waals surface area contributed by atoms with Gasteiger partial charge in [0.2, 0.25) is 5.91 Å². The molecule has 0 aromatic rings. The number of carboxylic acid groups (broad SMARTS) is 1. The molecule has 1 atom stereocenters. The van der Waals surface area contributed by atoms with Gasteiger partial charge >= 0.3 is 5.97 Å². The zero-order valence-electron chi connectivity index (χ0n) is 10.1. The van der Waals surface area contributed by atoms with Crippen LogP contribution in [0.3, 0.4) is 0 Å². The minimum Gasteiger partial charge on any atom is -0.480 e. The number of rotatable bonds is 5. The highest BCUT2D eigenvalue weighted by atomic mass is 16.4. The van der Waals surface area contributed by atoms with Gasteiger partial charge in [-0.3, -0.25) is 4.79 Å². The summed E-state index contributed by atoms with van der Waals surface area (Å²) in [4.78, 5) is 23.0.